The first-order valence-electron chi connectivity index (χ1n) is 8.15. The zero-order valence-electron chi connectivity index (χ0n) is 14.5. The predicted octanol–water partition coefficient (Wildman–Crippen LogP) is 1.99. The van der Waals surface area contributed by atoms with Crippen LogP contribution in [0.5, 0.6) is 0 Å². The minimum atomic E-state index is -0.489. The van der Waals surface area contributed by atoms with Crippen LogP contribution in [0.25, 0.3) is 0 Å². The van der Waals surface area contributed by atoms with Gasteiger partial charge in [-0.2, -0.15) is 0 Å². The fraction of sp³-hybridized carbons (Fsp3) is 0.706. The quantitative estimate of drug-likeness (QED) is 0.891. The summed E-state index contributed by atoms with van der Waals surface area (Å²) in [5.41, 5.74) is -0.231. The Labute approximate surface area is 142 Å². The minimum absolute atomic E-state index is 0.124. The summed E-state index contributed by atoms with van der Waals surface area (Å²) in [5, 5.41) is 10.1. The highest BCUT2D eigenvalue weighted by Gasteiger charge is 2.24. The monoisotopic (exact) mass is 340 g/mol. The normalized spacial score (nSPS) is 18.2. The van der Waals surface area contributed by atoms with E-state index in [1.54, 1.807) is 11.3 Å². The van der Waals surface area contributed by atoms with Gasteiger partial charge in [-0.25, -0.2) is 0 Å². The Morgan fingerprint density at radius 1 is 1.30 bits per heavy atom. The second kappa shape index (κ2) is 7.75. The number of rotatable bonds is 5. The van der Waals surface area contributed by atoms with Crippen molar-refractivity contribution in [2.24, 2.45) is 0 Å². The predicted molar refractivity (Wildman–Crippen MR) is 93.1 cm³/mol. The number of aliphatic hydroxyl groups is 1. The molecule has 1 aliphatic rings. The Balaban J connectivity index is 1.74. The number of piperazine rings is 1. The van der Waals surface area contributed by atoms with Gasteiger partial charge in [0.15, 0.2) is 0 Å². The van der Waals surface area contributed by atoms with E-state index >= 15 is 0 Å². The molecule has 1 aromatic rings. The number of aliphatic hydroxyl groups excluding tert-OH is 1. The Hall–Kier alpha value is -0.950. The molecule has 2 rings (SSSR count). The summed E-state index contributed by atoms with van der Waals surface area (Å²) >= 11 is 1.55. The van der Waals surface area contributed by atoms with Crippen LogP contribution in [0.1, 0.15) is 35.3 Å². The number of amides is 1. The highest BCUT2D eigenvalue weighted by molar-refractivity contribution is 7.13. The molecular weight excluding hydrogens is 312 g/mol. The van der Waals surface area contributed by atoms with Crippen molar-refractivity contribution in [3.05, 3.63) is 21.9 Å². The number of thiophene rings is 1. The van der Waals surface area contributed by atoms with Gasteiger partial charge in [-0.15, -0.1) is 11.3 Å². The Morgan fingerprint density at radius 2 is 1.96 bits per heavy atom. The van der Waals surface area contributed by atoms with Gasteiger partial charge in [0.2, 0.25) is 0 Å². The summed E-state index contributed by atoms with van der Waals surface area (Å²) in [6.07, 6.45) is -0.489. The molecule has 0 aromatic carbocycles. The van der Waals surface area contributed by atoms with E-state index in [1.165, 1.54) is 0 Å². The van der Waals surface area contributed by atoms with Crippen LogP contribution >= 0.6 is 11.3 Å². The summed E-state index contributed by atoms with van der Waals surface area (Å²) in [5.74, 6) is 0.124. The van der Waals surface area contributed by atoms with Gasteiger partial charge in [0.25, 0.3) is 5.91 Å². The fourth-order valence-corrected chi connectivity index (χ4v) is 3.37. The molecule has 0 spiro atoms. The first kappa shape index (κ1) is 18.4. The molecule has 1 N–H and O–H groups in total. The van der Waals surface area contributed by atoms with E-state index in [0.717, 1.165) is 22.8 Å². The van der Waals surface area contributed by atoms with Gasteiger partial charge in [0, 0.05) is 37.6 Å². The first-order chi connectivity index (χ1) is 10.7. The molecule has 1 unspecified atom stereocenters. The lowest BCUT2D eigenvalue weighted by Crippen LogP contribution is -2.50. The minimum Gasteiger partial charge on any atom is -0.389 e. The van der Waals surface area contributed by atoms with Crippen LogP contribution < -0.4 is 0 Å². The van der Waals surface area contributed by atoms with Gasteiger partial charge in [-0.3, -0.25) is 9.69 Å². The molecule has 1 fully saturated rings. The zero-order valence-corrected chi connectivity index (χ0v) is 15.4. The second-order valence-electron chi connectivity index (χ2n) is 7.08. The number of carbonyl (C=O) groups excluding carboxylic acids is 1. The Morgan fingerprint density at radius 3 is 2.48 bits per heavy atom. The first-order valence-corrected chi connectivity index (χ1v) is 8.96. The van der Waals surface area contributed by atoms with Gasteiger partial charge < -0.3 is 14.7 Å². The molecule has 1 aromatic heterocycles. The van der Waals surface area contributed by atoms with Gasteiger partial charge in [-0.05, 0) is 39.8 Å². The number of β-amino-alcohol motifs (C(OH)–C–C–N with tert-alkyl or cyclic N) is 1. The molecule has 0 bridgehead atoms. The van der Waals surface area contributed by atoms with Crippen molar-refractivity contribution >= 4 is 17.2 Å². The summed E-state index contributed by atoms with van der Waals surface area (Å²) < 4.78 is 5.61. The van der Waals surface area contributed by atoms with Gasteiger partial charge in [0.05, 0.1) is 23.2 Å². The molecular formula is C17H28N2O3S. The van der Waals surface area contributed by atoms with E-state index in [9.17, 15) is 9.90 Å². The van der Waals surface area contributed by atoms with Crippen LogP contribution in [-0.4, -0.2) is 71.8 Å². The number of hydrogen-bond acceptors (Lipinski definition) is 5. The summed E-state index contributed by atoms with van der Waals surface area (Å²) in [6, 6.07) is 3.89. The highest BCUT2D eigenvalue weighted by atomic mass is 32.1. The lowest BCUT2D eigenvalue weighted by molar-refractivity contribution is -0.0581. The van der Waals surface area contributed by atoms with Crippen LogP contribution in [0.4, 0.5) is 0 Å². The standard InChI is InChI=1S/C17H28N2O3S/c1-13-5-6-15(23-13)16(21)19-9-7-18(8-10-19)11-14(20)12-22-17(2,3)4/h5-6,14,20H,7-12H2,1-4H3. The molecule has 0 saturated carbocycles. The average Bonchev–Trinajstić information content (AvgIpc) is 2.91. The molecule has 2 heterocycles. The SMILES string of the molecule is Cc1ccc(C(=O)N2CCN(CC(O)COC(C)(C)C)CC2)s1. The lowest BCUT2D eigenvalue weighted by atomic mass is 10.2. The number of carbonyl (C=O) groups is 1. The second-order valence-corrected chi connectivity index (χ2v) is 8.37. The maximum Gasteiger partial charge on any atom is 0.264 e. The maximum absolute atomic E-state index is 12.4. The largest absolute Gasteiger partial charge is 0.389 e. The van der Waals surface area contributed by atoms with Crippen molar-refractivity contribution in [3.8, 4) is 0 Å². The van der Waals surface area contributed by atoms with E-state index < -0.39 is 6.10 Å². The van der Waals surface area contributed by atoms with Crippen LogP contribution in [0.2, 0.25) is 0 Å². The number of ether oxygens (including phenoxy) is 1. The zero-order chi connectivity index (χ0) is 17.0. The summed E-state index contributed by atoms with van der Waals surface area (Å²) in [7, 11) is 0. The molecule has 5 nitrogen and oxygen atoms in total. The summed E-state index contributed by atoms with van der Waals surface area (Å²) in [6.45, 7) is 11.9. The topological polar surface area (TPSA) is 53.0 Å². The molecule has 1 atom stereocenters. The third-order valence-corrected chi connectivity index (χ3v) is 4.78. The molecule has 6 heteroatoms. The summed E-state index contributed by atoms with van der Waals surface area (Å²) in [4.78, 5) is 18.5. The number of hydrogen-bond donors (Lipinski definition) is 1. The lowest BCUT2D eigenvalue weighted by Gasteiger charge is -2.35. The van der Waals surface area contributed by atoms with Gasteiger partial charge in [-0.1, -0.05) is 0 Å². The van der Waals surface area contributed by atoms with Crippen molar-refractivity contribution in [2.75, 3.05) is 39.3 Å². The van der Waals surface area contributed by atoms with Crippen LogP contribution in [0.15, 0.2) is 12.1 Å². The van der Waals surface area contributed by atoms with Crippen LogP contribution in [-0.2, 0) is 4.74 Å². The molecule has 1 aliphatic heterocycles. The molecule has 0 aliphatic carbocycles. The molecule has 130 valence electrons. The molecule has 0 radical (unpaired) electrons. The highest BCUT2D eigenvalue weighted by Crippen LogP contribution is 2.18. The van der Waals surface area contributed by atoms with Crippen molar-refractivity contribution in [3.63, 3.8) is 0 Å². The van der Waals surface area contributed by atoms with Crippen LogP contribution in [0, 0.1) is 6.92 Å². The third-order valence-electron chi connectivity index (χ3n) is 3.79. The third kappa shape index (κ3) is 5.88. The van der Waals surface area contributed by atoms with E-state index in [4.69, 9.17) is 4.74 Å². The number of aryl methyl sites for hydroxylation is 1. The van der Waals surface area contributed by atoms with E-state index in [2.05, 4.69) is 4.90 Å². The van der Waals surface area contributed by atoms with Gasteiger partial charge >= 0.3 is 0 Å². The van der Waals surface area contributed by atoms with Crippen molar-refractivity contribution in [2.45, 2.75) is 39.4 Å². The fourth-order valence-electron chi connectivity index (χ4n) is 2.54. The van der Waals surface area contributed by atoms with E-state index in [1.807, 2.05) is 44.7 Å². The average molecular weight is 340 g/mol. The number of nitrogens with zero attached hydrogens (tertiary/aromatic N) is 2. The van der Waals surface area contributed by atoms with Gasteiger partial charge in [0.1, 0.15) is 0 Å². The maximum atomic E-state index is 12.4. The molecule has 1 amide bonds. The van der Waals surface area contributed by atoms with E-state index in [0.29, 0.717) is 26.2 Å². The van der Waals surface area contributed by atoms with E-state index in [-0.39, 0.29) is 11.5 Å². The van der Waals surface area contributed by atoms with Crippen molar-refractivity contribution in [1.82, 2.24) is 9.80 Å². The van der Waals surface area contributed by atoms with Crippen molar-refractivity contribution < 1.29 is 14.6 Å². The van der Waals surface area contributed by atoms with Crippen molar-refractivity contribution in [1.29, 1.82) is 0 Å². The molecule has 1 saturated heterocycles. The smallest absolute Gasteiger partial charge is 0.264 e. The van der Waals surface area contributed by atoms with Crippen LogP contribution in [0.3, 0.4) is 0 Å². The Kier molecular flexibility index (Phi) is 6.19. The Bertz CT molecular complexity index is 516. The molecule has 23 heavy (non-hydrogen) atoms.